The minimum Gasteiger partial charge on any atom is -0.317 e. The van der Waals surface area contributed by atoms with E-state index in [1.807, 2.05) is 41.5 Å². The molecule has 0 bridgehead atoms. The summed E-state index contributed by atoms with van der Waals surface area (Å²) in [4.78, 5) is 16.4. The summed E-state index contributed by atoms with van der Waals surface area (Å²) in [5, 5.41) is 5.97. The summed E-state index contributed by atoms with van der Waals surface area (Å²) in [5.74, 6) is 0. The van der Waals surface area contributed by atoms with Gasteiger partial charge < -0.3 is 4.57 Å². The first-order chi connectivity index (χ1) is 11.7. The van der Waals surface area contributed by atoms with Gasteiger partial charge in [0.2, 0.25) is 0 Å². The zero-order valence-electron chi connectivity index (χ0n) is 13.3. The number of benzene rings is 1. The van der Waals surface area contributed by atoms with E-state index in [0.717, 1.165) is 16.5 Å². The molecule has 0 fully saturated rings. The van der Waals surface area contributed by atoms with Crippen LogP contribution < -0.4 is 5.56 Å². The summed E-state index contributed by atoms with van der Waals surface area (Å²) in [6, 6.07) is 12.0. The van der Waals surface area contributed by atoms with E-state index in [1.54, 1.807) is 30.1 Å². The third-order valence-corrected chi connectivity index (χ3v) is 4.12. The van der Waals surface area contributed by atoms with Crippen LogP contribution in [0.4, 0.5) is 0 Å². The Morgan fingerprint density at radius 1 is 1.00 bits per heavy atom. The molecule has 1 aromatic carbocycles. The molecule has 24 heavy (non-hydrogen) atoms. The number of rotatable bonds is 3. The van der Waals surface area contributed by atoms with Gasteiger partial charge in [-0.2, -0.15) is 5.10 Å². The summed E-state index contributed by atoms with van der Waals surface area (Å²) in [5.41, 5.74) is 3.10. The number of aromatic nitrogens is 4. The molecule has 0 aliphatic carbocycles. The van der Waals surface area contributed by atoms with Gasteiger partial charge in [-0.1, -0.05) is 30.3 Å². The lowest BCUT2D eigenvalue weighted by atomic mass is 10.1. The molecular formula is C19H16N4O. The van der Waals surface area contributed by atoms with Crippen LogP contribution in [0.3, 0.4) is 0 Å². The Bertz CT molecular complexity index is 1060. The van der Waals surface area contributed by atoms with Crippen molar-refractivity contribution < 1.29 is 0 Å². The van der Waals surface area contributed by atoms with Gasteiger partial charge in [0.1, 0.15) is 0 Å². The van der Waals surface area contributed by atoms with Crippen molar-refractivity contribution in [3.8, 4) is 11.1 Å². The highest BCUT2D eigenvalue weighted by atomic mass is 16.1. The molecule has 0 amide bonds. The maximum atomic E-state index is 12.3. The average molecular weight is 316 g/mol. The lowest BCUT2D eigenvalue weighted by Gasteiger charge is -2.07. The first kappa shape index (κ1) is 14.4. The minimum atomic E-state index is -0.0205. The van der Waals surface area contributed by atoms with Crippen LogP contribution in [-0.2, 0) is 13.6 Å². The predicted molar refractivity (Wildman–Crippen MR) is 93.7 cm³/mol. The van der Waals surface area contributed by atoms with E-state index in [-0.39, 0.29) is 5.56 Å². The standard InChI is InChI=1S/C19H16N4O/c1-22-13-18(17-10-20-8-7-16(17)19(22)24)15-9-21-23(12-15)11-14-5-3-2-4-6-14/h2-10,12-13H,11H2,1H3. The number of pyridine rings is 2. The van der Waals surface area contributed by atoms with Crippen LogP contribution in [0.2, 0.25) is 0 Å². The van der Waals surface area contributed by atoms with Gasteiger partial charge in [0, 0.05) is 48.3 Å². The fourth-order valence-corrected chi connectivity index (χ4v) is 2.90. The van der Waals surface area contributed by atoms with Gasteiger partial charge in [0.15, 0.2) is 0 Å². The number of aryl methyl sites for hydroxylation is 1. The van der Waals surface area contributed by atoms with E-state index in [2.05, 4.69) is 22.2 Å². The number of hydrogen-bond donors (Lipinski definition) is 0. The van der Waals surface area contributed by atoms with E-state index >= 15 is 0 Å². The Kier molecular flexibility index (Phi) is 3.46. The summed E-state index contributed by atoms with van der Waals surface area (Å²) in [6.07, 6.45) is 9.05. The summed E-state index contributed by atoms with van der Waals surface area (Å²) in [7, 11) is 1.76. The molecule has 0 spiro atoms. The molecule has 3 aromatic heterocycles. The van der Waals surface area contributed by atoms with Crippen molar-refractivity contribution in [1.82, 2.24) is 19.3 Å². The lowest BCUT2D eigenvalue weighted by molar-refractivity contribution is 0.687. The summed E-state index contributed by atoms with van der Waals surface area (Å²) in [6.45, 7) is 0.711. The molecule has 3 heterocycles. The molecule has 0 unspecified atom stereocenters. The predicted octanol–water partition coefficient (Wildman–Crippen LogP) is 2.85. The highest BCUT2D eigenvalue weighted by molar-refractivity contribution is 5.94. The van der Waals surface area contributed by atoms with E-state index in [4.69, 9.17) is 0 Å². The molecule has 0 aliphatic heterocycles. The zero-order valence-corrected chi connectivity index (χ0v) is 13.3. The second kappa shape index (κ2) is 5.77. The Morgan fingerprint density at radius 3 is 2.67 bits per heavy atom. The monoisotopic (exact) mass is 316 g/mol. The Morgan fingerprint density at radius 2 is 1.83 bits per heavy atom. The van der Waals surface area contributed by atoms with Gasteiger partial charge in [-0.05, 0) is 11.6 Å². The minimum absolute atomic E-state index is 0.0205. The fraction of sp³-hybridized carbons (Fsp3) is 0.105. The van der Waals surface area contributed by atoms with Crippen LogP contribution in [0, 0.1) is 0 Å². The van der Waals surface area contributed by atoms with Crippen molar-refractivity contribution in [2.75, 3.05) is 0 Å². The Labute approximate surface area is 138 Å². The van der Waals surface area contributed by atoms with E-state index in [9.17, 15) is 4.79 Å². The first-order valence-corrected chi connectivity index (χ1v) is 7.72. The molecule has 5 heteroatoms. The zero-order chi connectivity index (χ0) is 16.5. The summed E-state index contributed by atoms with van der Waals surface area (Å²) < 4.78 is 3.50. The van der Waals surface area contributed by atoms with Crippen LogP contribution in [0.1, 0.15) is 5.56 Å². The number of fused-ring (bicyclic) bond motifs is 1. The smallest absolute Gasteiger partial charge is 0.258 e. The van der Waals surface area contributed by atoms with Gasteiger partial charge in [-0.3, -0.25) is 14.5 Å². The molecule has 0 radical (unpaired) electrons. The van der Waals surface area contributed by atoms with Gasteiger partial charge in [0.05, 0.1) is 18.1 Å². The molecule has 4 rings (SSSR count). The van der Waals surface area contributed by atoms with Crippen LogP contribution >= 0.6 is 0 Å². The normalized spacial score (nSPS) is 11.0. The second-order valence-electron chi connectivity index (χ2n) is 5.79. The number of nitrogens with zero attached hydrogens (tertiary/aromatic N) is 4. The van der Waals surface area contributed by atoms with Gasteiger partial charge in [0.25, 0.3) is 5.56 Å². The third-order valence-electron chi connectivity index (χ3n) is 4.12. The van der Waals surface area contributed by atoms with Crippen molar-refractivity contribution in [3.05, 3.63) is 83.3 Å². The number of hydrogen-bond acceptors (Lipinski definition) is 3. The third kappa shape index (κ3) is 2.50. The van der Waals surface area contributed by atoms with Crippen molar-refractivity contribution in [3.63, 3.8) is 0 Å². The molecule has 0 saturated heterocycles. The quantitative estimate of drug-likeness (QED) is 0.584. The molecule has 118 valence electrons. The van der Waals surface area contributed by atoms with E-state index in [1.165, 1.54) is 5.56 Å². The Hall–Kier alpha value is -3.21. The maximum absolute atomic E-state index is 12.3. The molecule has 4 aromatic rings. The fourth-order valence-electron chi connectivity index (χ4n) is 2.90. The van der Waals surface area contributed by atoms with Crippen LogP contribution in [-0.4, -0.2) is 19.3 Å². The van der Waals surface area contributed by atoms with Gasteiger partial charge in [-0.25, -0.2) is 0 Å². The molecule has 0 N–H and O–H groups in total. The SMILES string of the molecule is Cn1cc(-c2cnn(Cc3ccccc3)c2)c2cnccc2c1=O. The Balaban J connectivity index is 1.79. The van der Waals surface area contributed by atoms with Gasteiger partial charge in [-0.15, -0.1) is 0 Å². The van der Waals surface area contributed by atoms with Gasteiger partial charge >= 0.3 is 0 Å². The van der Waals surface area contributed by atoms with Crippen molar-refractivity contribution in [2.45, 2.75) is 6.54 Å². The molecule has 0 aliphatic rings. The van der Waals surface area contributed by atoms with Crippen LogP contribution in [0.15, 0.2) is 72.2 Å². The summed E-state index contributed by atoms with van der Waals surface area (Å²) >= 11 is 0. The maximum Gasteiger partial charge on any atom is 0.258 e. The van der Waals surface area contributed by atoms with Crippen molar-refractivity contribution in [2.24, 2.45) is 7.05 Å². The largest absolute Gasteiger partial charge is 0.317 e. The van der Waals surface area contributed by atoms with Crippen molar-refractivity contribution in [1.29, 1.82) is 0 Å². The molecule has 0 atom stereocenters. The first-order valence-electron chi connectivity index (χ1n) is 7.72. The highest BCUT2D eigenvalue weighted by Gasteiger charge is 2.11. The van der Waals surface area contributed by atoms with Crippen LogP contribution in [0.25, 0.3) is 21.9 Å². The molecule has 0 saturated carbocycles. The molecular weight excluding hydrogens is 300 g/mol. The average Bonchev–Trinajstić information content (AvgIpc) is 3.07. The van der Waals surface area contributed by atoms with Crippen LogP contribution in [0.5, 0.6) is 0 Å². The molecule has 5 nitrogen and oxygen atoms in total. The topological polar surface area (TPSA) is 52.7 Å². The van der Waals surface area contributed by atoms with E-state index in [0.29, 0.717) is 11.9 Å². The highest BCUT2D eigenvalue weighted by Crippen LogP contribution is 2.25. The lowest BCUT2D eigenvalue weighted by Crippen LogP contribution is -2.16. The van der Waals surface area contributed by atoms with Crippen molar-refractivity contribution >= 4 is 10.8 Å². The van der Waals surface area contributed by atoms with E-state index < -0.39 is 0 Å². The second-order valence-corrected chi connectivity index (χ2v) is 5.79.